The molecule has 0 saturated carbocycles. The molecule has 0 aromatic heterocycles. The Morgan fingerprint density at radius 2 is 1.92 bits per heavy atom. The summed E-state index contributed by atoms with van der Waals surface area (Å²) < 4.78 is 5.41. The number of rotatable bonds is 7. The quantitative estimate of drug-likeness (QED) is 0.534. The Kier molecular flexibility index (Phi) is 6.38. The summed E-state index contributed by atoms with van der Waals surface area (Å²) >= 11 is 0. The monoisotopic (exact) mass is 182 g/mol. The van der Waals surface area contributed by atoms with Gasteiger partial charge in [-0.1, -0.05) is 39.8 Å². The van der Waals surface area contributed by atoms with E-state index in [0.717, 1.165) is 17.9 Å². The standard InChI is InChI=1S/C12H22O/c1-6-8-9-12(7-2)11(5)13-10(3)4/h12H,3,5-9H2,1-2,4H3. The molecule has 0 heterocycles. The highest BCUT2D eigenvalue weighted by atomic mass is 16.5. The summed E-state index contributed by atoms with van der Waals surface area (Å²) in [5.74, 6) is 2.11. The van der Waals surface area contributed by atoms with E-state index in [1.807, 2.05) is 6.92 Å². The first-order chi connectivity index (χ1) is 6.11. The molecule has 1 atom stereocenters. The van der Waals surface area contributed by atoms with Gasteiger partial charge in [-0.2, -0.15) is 0 Å². The fourth-order valence-electron chi connectivity index (χ4n) is 1.35. The maximum atomic E-state index is 5.41. The van der Waals surface area contributed by atoms with Gasteiger partial charge in [0, 0.05) is 5.92 Å². The Bertz CT molecular complexity index is 170. The third kappa shape index (κ3) is 5.51. The van der Waals surface area contributed by atoms with Crippen molar-refractivity contribution in [2.75, 3.05) is 0 Å². The molecule has 0 N–H and O–H groups in total. The number of ether oxygens (including phenoxy) is 1. The van der Waals surface area contributed by atoms with Gasteiger partial charge in [0.15, 0.2) is 0 Å². The van der Waals surface area contributed by atoms with Crippen molar-refractivity contribution in [1.82, 2.24) is 0 Å². The molecule has 0 saturated heterocycles. The van der Waals surface area contributed by atoms with Crippen molar-refractivity contribution in [1.29, 1.82) is 0 Å². The average Bonchev–Trinajstić information content (AvgIpc) is 2.04. The summed E-state index contributed by atoms with van der Waals surface area (Å²) in [5.41, 5.74) is 0. The normalized spacial score (nSPS) is 12.2. The van der Waals surface area contributed by atoms with Crippen molar-refractivity contribution in [3.8, 4) is 0 Å². The summed E-state index contributed by atoms with van der Waals surface area (Å²) in [6.45, 7) is 13.9. The van der Waals surface area contributed by atoms with Crippen LogP contribution in [0.1, 0.15) is 46.5 Å². The molecule has 13 heavy (non-hydrogen) atoms. The van der Waals surface area contributed by atoms with Crippen molar-refractivity contribution in [2.45, 2.75) is 46.5 Å². The van der Waals surface area contributed by atoms with Gasteiger partial charge in [0.25, 0.3) is 0 Å². The fourth-order valence-corrected chi connectivity index (χ4v) is 1.35. The Hall–Kier alpha value is -0.720. The first-order valence-electron chi connectivity index (χ1n) is 5.13. The second-order valence-electron chi connectivity index (χ2n) is 3.52. The fraction of sp³-hybridized carbons (Fsp3) is 0.667. The van der Waals surface area contributed by atoms with Crippen molar-refractivity contribution in [3.05, 3.63) is 24.7 Å². The molecule has 1 heteroatoms. The van der Waals surface area contributed by atoms with Gasteiger partial charge in [-0.05, 0) is 19.8 Å². The zero-order valence-electron chi connectivity index (χ0n) is 9.23. The van der Waals surface area contributed by atoms with Crippen LogP contribution in [-0.2, 0) is 4.74 Å². The molecule has 1 unspecified atom stereocenters. The molecule has 0 aromatic carbocycles. The zero-order valence-corrected chi connectivity index (χ0v) is 9.23. The molecular weight excluding hydrogens is 160 g/mol. The van der Waals surface area contributed by atoms with Crippen LogP contribution in [-0.4, -0.2) is 0 Å². The van der Waals surface area contributed by atoms with Gasteiger partial charge in [-0.25, -0.2) is 0 Å². The number of unbranched alkanes of at least 4 members (excludes halogenated alkanes) is 1. The highest BCUT2D eigenvalue weighted by Crippen LogP contribution is 2.22. The molecular formula is C12H22O. The topological polar surface area (TPSA) is 9.23 Å². The van der Waals surface area contributed by atoms with Crippen LogP contribution >= 0.6 is 0 Å². The lowest BCUT2D eigenvalue weighted by Crippen LogP contribution is -2.04. The lowest BCUT2D eigenvalue weighted by molar-refractivity contribution is 0.247. The van der Waals surface area contributed by atoms with Gasteiger partial charge in [-0.3, -0.25) is 0 Å². The van der Waals surface area contributed by atoms with E-state index in [9.17, 15) is 0 Å². The van der Waals surface area contributed by atoms with Crippen molar-refractivity contribution in [3.63, 3.8) is 0 Å². The van der Waals surface area contributed by atoms with Gasteiger partial charge < -0.3 is 4.74 Å². The lowest BCUT2D eigenvalue weighted by Gasteiger charge is -2.17. The van der Waals surface area contributed by atoms with E-state index in [2.05, 4.69) is 27.0 Å². The second kappa shape index (κ2) is 6.76. The summed E-state index contributed by atoms with van der Waals surface area (Å²) in [4.78, 5) is 0. The minimum atomic E-state index is 0.497. The van der Waals surface area contributed by atoms with Crippen LogP contribution in [0.5, 0.6) is 0 Å². The van der Waals surface area contributed by atoms with Gasteiger partial charge in [-0.15, -0.1) is 0 Å². The molecule has 0 rings (SSSR count). The molecule has 0 radical (unpaired) electrons. The van der Waals surface area contributed by atoms with E-state index in [-0.39, 0.29) is 0 Å². The van der Waals surface area contributed by atoms with Crippen LogP contribution in [0.4, 0.5) is 0 Å². The minimum absolute atomic E-state index is 0.497. The highest BCUT2D eigenvalue weighted by molar-refractivity contribution is 4.95. The summed E-state index contributed by atoms with van der Waals surface area (Å²) in [7, 11) is 0. The maximum Gasteiger partial charge on any atom is 0.0994 e. The van der Waals surface area contributed by atoms with E-state index in [0.29, 0.717) is 5.92 Å². The Morgan fingerprint density at radius 1 is 1.31 bits per heavy atom. The molecule has 0 aliphatic rings. The molecule has 1 nitrogen and oxygen atoms in total. The summed E-state index contributed by atoms with van der Waals surface area (Å²) in [5, 5.41) is 0. The molecule has 0 aliphatic heterocycles. The van der Waals surface area contributed by atoms with Crippen LogP contribution in [0.2, 0.25) is 0 Å². The predicted molar refractivity (Wildman–Crippen MR) is 58.3 cm³/mol. The molecule has 0 aliphatic carbocycles. The maximum absolute atomic E-state index is 5.41. The van der Waals surface area contributed by atoms with Gasteiger partial charge in [0.2, 0.25) is 0 Å². The van der Waals surface area contributed by atoms with Crippen LogP contribution in [0, 0.1) is 5.92 Å². The zero-order chi connectivity index (χ0) is 10.3. The van der Waals surface area contributed by atoms with Gasteiger partial charge in [0.05, 0.1) is 11.5 Å². The lowest BCUT2D eigenvalue weighted by atomic mass is 9.98. The Morgan fingerprint density at radius 3 is 2.31 bits per heavy atom. The molecule has 0 bridgehead atoms. The van der Waals surface area contributed by atoms with E-state index in [4.69, 9.17) is 4.74 Å². The van der Waals surface area contributed by atoms with E-state index in [1.165, 1.54) is 19.3 Å². The third-order valence-electron chi connectivity index (χ3n) is 2.16. The summed E-state index contributed by atoms with van der Waals surface area (Å²) in [6, 6.07) is 0. The number of hydrogen-bond acceptors (Lipinski definition) is 1. The van der Waals surface area contributed by atoms with Crippen molar-refractivity contribution < 1.29 is 4.74 Å². The van der Waals surface area contributed by atoms with Crippen LogP contribution in [0.25, 0.3) is 0 Å². The second-order valence-corrected chi connectivity index (χ2v) is 3.52. The molecule has 0 spiro atoms. The smallest absolute Gasteiger partial charge is 0.0994 e. The van der Waals surface area contributed by atoms with Crippen LogP contribution < -0.4 is 0 Å². The SMILES string of the molecule is C=C(C)OC(=C)C(CC)CCCC. The highest BCUT2D eigenvalue weighted by Gasteiger charge is 2.11. The first kappa shape index (κ1) is 12.3. The summed E-state index contributed by atoms with van der Waals surface area (Å²) in [6.07, 6.45) is 4.76. The van der Waals surface area contributed by atoms with Gasteiger partial charge in [0.1, 0.15) is 0 Å². The Balaban J connectivity index is 3.91. The van der Waals surface area contributed by atoms with E-state index >= 15 is 0 Å². The van der Waals surface area contributed by atoms with E-state index in [1.54, 1.807) is 0 Å². The molecule has 0 fully saturated rings. The molecule has 0 amide bonds. The van der Waals surface area contributed by atoms with Crippen molar-refractivity contribution in [2.24, 2.45) is 5.92 Å². The average molecular weight is 182 g/mol. The first-order valence-corrected chi connectivity index (χ1v) is 5.13. The predicted octanol–water partition coefficient (Wildman–Crippen LogP) is 4.27. The van der Waals surface area contributed by atoms with E-state index < -0.39 is 0 Å². The molecule has 0 aromatic rings. The van der Waals surface area contributed by atoms with Crippen LogP contribution in [0.15, 0.2) is 24.7 Å². The number of hydrogen-bond donors (Lipinski definition) is 0. The van der Waals surface area contributed by atoms with Gasteiger partial charge >= 0.3 is 0 Å². The number of allylic oxidation sites excluding steroid dienone is 2. The Labute approximate surface area is 82.5 Å². The molecule has 76 valence electrons. The third-order valence-corrected chi connectivity index (χ3v) is 2.16. The minimum Gasteiger partial charge on any atom is -0.467 e. The largest absolute Gasteiger partial charge is 0.467 e. The van der Waals surface area contributed by atoms with Crippen LogP contribution in [0.3, 0.4) is 0 Å². The van der Waals surface area contributed by atoms with Crippen molar-refractivity contribution >= 4 is 0 Å².